The van der Waals surface area contributed by atoms with Gasteiger partial charge in [0, 0.05) is 13.1 Å². The second-order valence-electron chi connectivity index (χ2n) is 7.40. The van der Waals surface area contributed by atoms with E-state index in [2.05, 4.69) is 6.07 Å². The number of fused-ring (bicyclic) bond motifs is 1. The summed E-state index contributed by atoms with van der Waals surface area (Å²) in [5, 5.41) is 0. The molecule has 0 aromatic heterocycles. The first-order valence-electron chi connectivity index (χ1n) is 9.21. The van der Waals surface area contributed by atoms with Crippen LogP contribution in [0.4, 0.5) is 0 Å². The van der Waals surface area contributed by atoms with Crippen LogP contribution in [0.5, 0.6) is 0 Å². The summed E-state index contributed by atoms with van der Waals surface area (Å²) in [6.45, 7) is 5.28. The molecule has 0 spiro atoms. The fourth-order valence-electron chi connectivity index (χ4n) is 3.60. The quantitative estimate of drug-likeness (QED) is 0.583. The molecule has 3 atom stereocenters. The van der Waals surface area contributed by atoms with Crippen LogP contribution in [0.1, 0.15) is 36.1 Å². The van der Waals surface area contributed by atoms with Gasteiger partial charge in [0.2, 0.25) is 0 Å². The predicted octanol–water partition coefficient (Wildman–Crippen LogP) is 2.95. The van der Waals surface area contributed by atoms with E-state index < -0.39 is 11.7 Å². The average Bonchev–Trinajstić information content (AvgIpc) is 3.19. The Morgan fingerprint density at radius 3 is 2.70 bits per heavy atom. The van der Waals surface area contributed by atoms with E-state index in [1.54, 1.807) is 6.92 Å². The van der Waals surface area contributed by atoms with Gasteiger partial charge < -0.3 is 19.2 Å². The van der Waals surface area contributed by atoms with Crippen molar-refractivity contribution < 1.29 is 19.1 Å². The van der Waals surface area contributed by atoms with Crippen molar-refractivity contribution in [2.24, 2.45) is 0 Å². The van der Waals surface area contributed by atoms with E-state index in [0.29, 0.717) is 19.7 Å². The molecule has 0 saturated carbocycles. The first kappa shape index (κ1) is 17.9. The van der Waals surface area contributed by atoms with Crippen LogP contribution in [-0.4, -0.2) is 29.3 Å². The molecule has 2 aromatic carbocycles. The first-order valence-corrected chi connectivity index (χ1v) is 9.21. The maximum absolute atomic E-state index is 12.8. The maximum Gasteiger partial charge on any atom is 0.252 e. The van der Waals surface area contributed by atoms with Gasteiger partial charge in [-0.3, -0.25) is 4.79 Å². The molecule has 0 radical (unpaired) electrons. The fraction of sp³-hybridized carbons (Fsp3) is 0.364. The lowest BCUT2D eigenvalue weighted by Gasteiger charge is -2.20. The van der Waals surface area contributed by atoms with Crippen molar-refractivity contribution in [3.05, 3.63) is 70.8 Å². The van der Waals surface area contributed by atoms with E-state index in [0.717, 1.165) is 28.5 Å². The summed E-state index contributed by atoms with van der Waals surface area (Å²) < 4.78 is 11.3. The third-order valence-corrected chi connectivity index (χ3v) is 5.49. The highest BCUT2D eigenvalue weighted by atomic mass is 16.6. The van der Waals surface area contributed by atoms with Crippen LogP contribution in [0.2, 0.25) is 0 Å². The Labute approximate surface area is 158 Å². The molecular formula is C22H23NO4. The van der Waals surface area contributed by atoms with E-state index in [1.165, 1.54) is 0 Å². The number of carbonyl (C=O) groups excluding carboxylic acids is 2. The summed E-state index contributed by atoms with van der Waals surface area (Å²) in [5.41, 5.74) is 3.75. The van der Waals surface area contributed by atoms with Gasteiger partial charge >= 0.3 is 0 Å². The summed E-state index contributed by atoms with van der Waals surface area (Å²) in [4.78, 5) is 25.6. The number of hydrogen-bond donors (Lipinski definition) is 0. The Hall–Kier alpha value is -2.50. The highest BCUT2D eigenvalue weighted by molar-refractivity contribution is 5.81. The Morgan fingerprint density at radius 1 is 1.26 bits per heavy atom. The molecule has 2 unspecified atom stereocenters. The zero-order valence-corrected chi connectivity index (χ0v) is 15.6. The number of benzene rings is 2. The molecule has 1 amide bonds. The number of aldehydes is 1. The van der Waals surface area contributed by atoms with Gasteiger partial charge in [-0.2, -0.15) is 0 Å². The van der Waals surface area contributed by atoms with E-state index in [4.69, 9.17) is 9.47 Å². The summed E-state index contributed by atoms with van der Waals surface area (Å²) in [6.07, 6.45) is -0.0294. The van der Waals surface area contributed by atoms with Crippen molar-refractivity contribution >= 4 is 12.2 Å². The zero-order valence-electron chi connectivity index (χ0n) is 15.6. The van der Waals surface area contributed by atoms with Crippen molar-refractivity contribution in [2.45, 2.75) is 51.4 Å². The van der Waals surface area contributed by atoms with Crippen LogP contribution < -0.4 is 0 Å². The Kier molecular flexibility index (Phi) is 4.58. The molecular weight excluding hydrogens is 342 g/mol. The van der Waals surface area contributed by atoms with Gasteiger partial charge in [0.25, 0.3) is 5.91 Å². The molecule has 0 bridgehead atoms. The number of ether oxygens (including phenoxy) is 2. The van der Waals surface area contributed by atoms with Crippen molar-refractivity contribution in [1.29, 1.82) is 0 Å². The van der Waals surface area contributed by atoms with Crippen molar-refractivity contribution in [2.75, 3.05) is 0 Å². The lowest BCUT2D eigenvalue weighted by Crippen LogP contribution is -2.35. The molecule has 2 aromatic rings. The minimum absolute atomic E-state index is 0.0108. The standard InChI is InChI=1S/C22H23NO4/c1-15(26-14-16-6-4-3-5-7-16)21(25)23-11-17-8-9-19(10-18(17)12-23)22(2)20(13-24)27-22/h3-10,13,15,20H,11-12,14H2,1-2H3/t15-,20?,22?/m1/s1. The minimum Gasteiger partial charge on any atom is -0.364 e. The largest absolute Gasteiger partial charge is 0.364 e. The monoisotopic (exact) mass is 365 g/mol. The summed E-state index contributed by atoms with van der Waals surface area (Å²) in [7, 11) is 0. The molecule has 0 aliphatic carbocycles. The molecule has 0 N–H and O–H groups in total. The molecule has 5 heteroatoms. The smallest absolute Gasteiger partial charge is 0.252 e. The molecule has 2 aliphatic heterocycles. The van der Waals surface area contributed by atoms with Gasteiger partial charge in [-0.15, -0.1) is 0 Å². The van der Waals surface area contributed by atoms with Gasteiger partial charge in [0.05, 0.1) is 6.61 Å². The van der Waals surface area contributed by atoms with E-state index in [9.17, 15) is 9.59 Å². The molecule has 1 fully saturated rings. The number of rotatable bonds is 6. The van der Waals surface area contributed by atoms with Crippen molar-refractivity contribution in [3.8, 4) is 0 Å². The Morgan fingerprint density at radius 2 is 2.00 bits per heavy atom. The van der Waals surface area contributed by atoms with Crippen LogP contribution in [0, 0.1) is 0 Å². The fourth-order valence-corrected chi connectivity index (χ4v) is 3.60. The first-order chi connectivity index (χ1) is 13.0. The molecule has 140 valence electrons. The minimum atomic E-state index is -0.527. The molecule has 2 heterocycles. The zero-order chi connectivity index (χ0) is 19.0. The van der Waals surface area contributed by atoms with Crippen molar-refractivity contribution in [3.63, 3.8) is 0 Å². The SMILES string of the molecule is C[C@@H](OCc1ccccc1)C(=O)N1Cc2ccc(C3(C)OC3C=O)cc2C1. The second kappa shape index (κ2) is 6.91. The number of carbonyl (C=O) groups is 2. The van der Waals surface area contributed by atoms with Crippen LogP contribution in [0.3, 0.4) is 0 Å². The van der Waals surface area contributed by atoms with E-state index in [-0.39, 0.29) is 12.0 Å². The average molecular weight is 365 g/mol. The second-order valence-corrected chi connectivity index (χ2v) is 7.40. The normalized spacial score (nSPS) is 24.4. The van der Waals surface area contributed by atoms with Gasteiger partial charge in [0.15, 0.2) is 6.29 Å². The number of amides is 1. The molecule has 1 saturated heterocycles. The lowest BCUT2D eigenvalue weighted by molar-refractivity contribution is -0.144. The maximum atomic E-state index is 12.8. The Bertz CT molecular complexity index is 866. The van der Waals surface area contributed by atoms with Crippen LogP contribution in [0.25, 0.3) is 0 Å². The highest BCUT2D eigenvalue weighted by Gasteiger charge is 2.54. The number of epoxide rings is 1. The van der Waals surface area contributed by atoms with Crippen LogP contribution >= 0.6 is 0 Å². The number of nitrogens with zero attached hydrogens (tertiary/aromatic N) is 1. The highest BCUT2D eigenvalue weighted by Crippen LogP contribution is 2.45. The van der Waals surface area contributed by atoms with Gasteiger partial charge in [-0.1, -0.05) is 48.5 Å². The van der Waals surface area contributed by atoms with Gasteiger partial charge in [-0.05, 0) is 36.1 Å². The molecule has 4 rings (SSSR count). The predicted molar refractivity (Wildman–Crippen MR) is 99.7 cm³/mol. The van der Waals surface area contributed by atoms with E-state index in [1.807, 2.05) is 54.3 Å². The van der Waals surface area contributed by atoms with E-state index >= 15 is 0 Å². The summed E-state index contributed by atoms with van der Waals surface area (Å²) in [5.74, 6) is -0.0108. The van der Waals surface area contributed by atoms with Gasteiger partial charge in [-0.25, -0.2) is 0 Å². The van der Waals surface area contributed by atoms with Crippen LogP contribution in [-0.2, 0) is 44.4 Å². The molecule has 27 heavy (non-hydrogen) atoms. The van der Waals surface area contributed by atoms with Crippen molar-refractivity contribution in [1.82, 2.24) is 4.90 Å². The third kappa shape index (κ3) is 3.40. The Balaban J connectivity index is 1.39. The molecule has 5 nitrogen and oxygen atoms in total. The summed E-state index contributed by atoms with van der Waals surface area (Å²) >= 11 is 0. The molecule has 2 aliphatic rings. The topological polar surface area (TPSA) is 59.1 Å². The van der Waals surface area contributed by atoms with Gasteiger partial charge in [0.1, 0.15) is 17.8 Å². The third-order valence-electron chi connectivity index (χ3n) is 5.49. The summed E-state index contributed by atoms with van der Waals surface area (Å²) in [6, 6.07) is 15.9. The number of hydrogen-bond acceptors (Lipinski definition) is 4. The lowest BCUT2D eigenvalue weighted by atomic mass is 9.95. The van der Waals surface area contributed by atoms with Crippen LogP contribution in [0.15, 0.2) is 48.5 Å².